The lowest BCUT2D eigenvalue weighted by Crippen LogP contribution is -2.49. The quantitative estimate of drug-likeness (QED) is 0.659. The topological polar surface area (TPSA) is 49.3 Å². The maximum Gasteiger partial charge on any atom is 0.328 e. The molecule has 0 spiro atoms. The number of hydrogen-bond acceptors (Lipinski definition) is 2. The van der Waals surface area contributed by atoms with Crippen LogP contribution in [0.1, 0.15) is 38.5 Å². The Hall–Kier alpha value is -0.830. The molecule has 2 rings (SSSR count). The Kier molecular flexibility index (Phi) is 2.59. The number of nitrogens with one attached hydrogen (secondary N) is 1. The maximum atomic E-state index is 11.3. The van der Waals surface area contributed by atoms with E-state index in [2.05, 4.69) is 11.4 Å². The van der Waals surface area contributed by atoms with Gasteiger partial charge in [-0.25, -0.2) is 4.79 Å². The molecule has 0 aromatic rings. The van der Waals surface area contributed by atoms with Gasteiger partial charge in [0.2, 0.25) is 0 Å². The van der Waals surface area contributed by atoms with Crippen LogP contribution in [0.25, 0.3) is 0 Å². The molecule has 2 N–H and O–H groups in total. The average molecular weight is 195 g/mol. The van der Waals surface area contributed by atoms with E-state index in [-0.39, 0.29) is 0 Å². The number of aliphatic carboxylic acids is 1. The zero-order valence-corrected chi connectivity index (χ0v) is 8.38. The van der Waals surface area contributed by atoms with Crippen LogP contribution >= 0.6 is 0 Å². The maximum absolute atomic E-state index is 11.3. The summed E-state index contributed by atoms with van der Waals surface area (Å²) in [6.07, 6.45) is 8.22. The fourth-order valence-electron chi connectivity index (χ4n) is 2.56. The summed E-state index contributed by atoms with van der Waals surface area (Å²) in [7, 11) is 0. The molecular weight excluding hydrogens is 178 g/mol. The molecule has 1 aliphatic carbocycles. The summed E-state index contributed by atoms with van der Waals surface area (Å²) in [6.45, 7) is 0.837. The van der Waals surface area contributed by atoms with Gasteiger partial charge in [-0.2, -0.15) is 0 Å². The van der Waals surface area contributed by atoms with Crippen molar-refractivity contribution in [2.75, 3.05) is 6.54 Å². The van der Waals surface area contributed by atoms with E-state index in [1.807, 2.05) is 0 Å². The van der Waals surface area contributed by atoms with Gasteiger partial charge in [-0.15, -0.1) is 0 Å². The van der Waals surface area contributed by atoms with Gasteiger partial charge in [0, 0.05) is 0 Å². The summed E-state index contributed by atoms with van der Waals surface area (Å²) in [5, 5.41) is 12.5. The molecule has 1 heterocycles. The summed E-state index contributed by atoms with van der Waals surface area (Å²) in [5.41, 5.74) is 0.411. The number of hydrogen-bond donors (Lipinski definition) is 2. The van der Waals surface area contributed by atoms with E-state index in [1.165, 1.54) is 6.42 Å². The van der Waals surface area contributed by atoms with Crippen LogP contribution in [-0.4, -0.2) is 23.2 Å². The van der Waals surface area contributed by atoms with Crippen molar-refractivity contribution in [3.05, 3.63) is 11.6 Å². The third-order valence-corrected chi connectivity index (χ3v) is 3.36. The summed E-state index contributed by atoms with van der Waals surface area (Å²) in [6, 6.07) is 0. The van der Waals surface area contributed by atoms with E-state index >= 15 is 0 Å². The van der Waals surface area contributed by atoms with Gasteiger partial charge in [0.15, 0.2) is 0 Å². The molecule has 0 saturated carbocycles. The molecule has 2 aliphatic rings. The second kappa shape index (κ2) is 3.73. The van der Waals surface area contributed by atoms with Crippen LogP contribution < -0.4 is 5.32 Å². The number of rotatable bonds is 2. The van der Waals surface area contributed by atoms with Crippen molar-refractivity contribution >= 4 is 5.97 Å². The highest BCUT2D eigenvalue weighted by Crippen LogP contribution is 2.34. The van der Waals surface area contributed by atoms with E-state index in [0.29, 0.717) is 0 Å². The van der Waals surface area contributed by atoms with Crippen LogP contribution in [0, 0.1) is 0 Å². The number of allylic oxidation sites excluding steroid dienone is 1. The summed E-state index contributed by atoms with van der Waals surface area (Å²) in [4.78, 5) is 11.3. The summed E-state index contributed by atoms with van der Waals surface area (Å²) >= 11 is 0. The molecular formula is C11H17NO2. The zero-order valence-electron chi connectivity index (χ0n) is 8.38. The lowest BCUT2D eigenvalue weighted by atomic mass is 9.82. The van der Waals surface area contributed by atoms with E-state index in [9.17, 15) is 9.90 Å². The van der Waals surface area contributed by atoms with Crippen LogP contribution in [0.3, 0.4) is 0 Å². The van der Waals surface area contributed by atoms with Gasteiger partial charge in [-0.05, 0) is 50.6 Å². The van der Waals surface area contributed by atoms with Crippen LogP contribution in [0.5, 0.6) is 0 Å². The highest BCUT2D eigenvalue weighted by atomic mass is 16.4. The smallest absolute Gasteiger partial charge is 0.328 e. The molecule has 0 amide bonds. The molecule has 78 valence electrons. The number of carboxylic acid groups (broad SMARTS) is 1. The van der Waals surface area contributed by atoms with Crippen LogP contribution in [0.2, 0.25) is 0 Å². The van der Waals surface area contributed by atoms with E-state index in [4.69, 9.17) is 0 Å². The van der Waals surface area contributed by atoms with Crippen molar-refractivity contribution in [1.29, 1.82) is 0 Å². The van der Waals surface area contributed by atoms with Gasteiger partial charge < -0.3 is 5.11 Å². The molecule has 1 aliphatic heterocycles. The molecule has 0 unspecified atom stereocenters. The minimum absolute atomic E-state index is 0.692. The zero-order chi connectivity index (χ0) is 10.0. The Bertz CT molecular complexity index is 264. The molecule has 3 heteroatoms. The third-order valence-electron chi connectivity index (χ3n) is 3.36. The predicted octanol–water partition coefficient (Wildman–Crippen LogP) is 1.69. The predicted molar refractivity (Wildman–Crippen MR) is 54.2 cm³/mol. The highest BCUT2D eigenvalue weighted by molar-refractivity contribution is 5.83. The molecule has 1 fully saturated rings. The average Bonchev–Trinajstić information content (AvgIpc) is 2.69. The minimum atomic E-state index is -0.708. The van der Waals surface area contributed by atoms with Gasteiger partial charge in [-0.3, -0.25) is 5.32 Å². The Morgan fingerprint density at radius 1 is 1.43 bits per heavy atom. The van der Waals surface area contributed by atoms with Crippen molar-refractivity contribution in [3.8, 4) is 0 Å². The fourth-order valence-corrected chi connectivity index (χ4v) is 2.56. The largest absolute Gasteiger partial charge is 0.480 e. The molecule has 0 aromatic heterocycles. The van der Waals surface area contributed by atoms with Crippen molar-refractivity contribution in [1.82, 2.24) is 5.32 Å². The molecule has 0 bridgehead atoms. The third kappa shape index (κ3) is 1.46. The van der Waals surface area contributed by atoms with E-state index in [1.54, 1.807) is 0 Å². The molecule has 0 radical (unpaired) electrons. The van der Waals surface area contributed by atoms with Crippen LogP contribution in [0.15, 0.2) is 11.6 Å². The minimum Gasteiger partial charge on any atom is -0.480 e. The van der Waals surface area contributed by atoms with Crippen molar-refractivity contribution < 1.29 is 9.90 Å². The number of carboxylic acids is 1. The second-order valence-electron chi connectivity index (χ2n) is 4.22. The Morgan fingerprint density at radius 3 is 2.79 bits per heavy atom. The molecule has 3 nitrogen and oxygen atoms in total. The lowest BCUT2D eigenvalue weighted by Gasteiger charge is -2.30. The molecule has 1 saturated heterocycles. The SMILES string of the molecule is O=C(O)[C@]1(C2=CCCCC2)CCCN1. The molecule has 14 heavy (non-hydrogen) atoms. The lowest BCUT2D eigenvalue weighted by molar-refractivity contribution is -0.142. The second-order valence-corrected chi connectivity index (χ2v) is 4.22. The first kappa shape index (κ1) is 9.71. The van der Waals surface area contributed by atoms with Crippen molar-refractivity contribution in [2.45, 2.75) is 44.1 Å². The standard InChI is InChI=1S/C11H17NO2/c13-10(14)11(7-4-8-12-11)9-5-2-1-3-6-9/h5,12H,1-4,6-8H2,(H,13,14)/t11-/m1/s1. The Morgan fingerprint density at radius 2 is 2.29 bits per heavy atom. The molecule has 0 aromatic carbocycles. The van der Waals surface area contributed by atoms with Gasteiger partial charge in [-0.1, -0.05) is 6.08 Å². The summed E-state index contributed by atoms with van der Waals surface area (Å²) in [5.74, 6) is -0.692. The number of carbonyl (C=O) groups is 1. The van der Waals surface area contributed by atoms with Crippen LogP contribution in [0.4, 0.5) is 0 Å². The van der Waals surface area contributed by atoms with Gasteiger partial charge in [0.1, 0.15) is 5.54 Å². The van der Waals surface area contributed by atoms with Crippen molar-refractivity contribution in [3.63, 3.8) is 0 Å². The summed E-state index contributed by atoms with van der Waals surface area (Å²) < 4.78 is 0. The first-order chi connectivity index (χ1) is 6.76. The Balaban J connectivity index is 2.25. The van der Waals surface area contributed by atoms with E-state index < -0.39 is 11.5 Å². The first-order valence-electron chi connectivity index (χ1n) is 5.44. The normalized spacial score (nSPS) is 32.7. The molecule has 1 atom stereocenters. The van der Waals surface area contributed by atoms with Gasteiger partial charge >= 0.3 is 5.97 Å². The van der Waals surface area contributed by atoms with Crippen LogP contribution in [-0.2, 0) is 4.79 Å². The fraction of sp³-hybridized carbons (Fsp3) is 0.727. The Labute approximate surface area is 84.2 Å². The monoisotopic (exact) mass is 195 g/mol. The van der Waals surface area contributed by atoms with E-state index in [0.717, 1.165) is 44.2 Å². The highest BCUT2D eigenvalue weighted by Gasteiger charge is 2.44. The van der Waals surface area contributed by atoms with Crippen molar-refractivity contribution in [2.24, 2.45) is 0 Å². The van der Waals surface area contributed by atoms with Gasteiger partial charge in [0.25, 0.3) is 0 Å². The van der Waals surface area contributed by atoms with Gasteiger partial charge in [0.05, 0.1) is 0 Å². The first-order valence-corrected chi connectivity index (χ1v) is 5.44.